The highest BCUT2D eigenvalue weighted by atomic mass is 32.2. The normalized spacial score (nSPS) is 17.4. The lowest BCUT2D eigenvalue weighted by molar-refractivity contribution is -0.122. The summed E-state index contributed by atoms with van der Waals surface area (Å²) in [4.78, 5) is 14.1. The first-order valence-electron chi connectivity index (χ1n) is 7.74. The van der Waals surface area contributed by atoms with Gasteiger partial charge in [0.05, 0.1) is 24.2 Å². The van der Waals surface area contributed by atoms with Gasteiger partial charge >= 0.3 is 0 Å². The average molecular weight is 359 g/mol. The first-order chi connectivity index (χ1) is 11.4. The number of ether oxygens (including phenoxy) is 1. The molecule has 0 bridgehead atoms. The van der Waals surface area contributed by atoms with Gasteiger partial charge in [-0.3, -0.25) is 9.69 Å². The van der Waals surface area contributed by atoms with E-state index in [1.54, 1.807) is 0 Å². The van der Waals surface area contributed by atoms with Crippen LogP contribution in [0.5, 0.6) is 0 Å². The van der Waals surface area contributed by atoms with Gasteiger partial charge in [-0.1, -0.05) is 0 Å². The summed E-state index contributed by atoms with van der Waals surface area (Å²) in [6.07, 6.45) is 0. The summed E-state index contributed by atoms with van der Waals surface area (Å²) in [6.45, 7) is 5.59. The molecule has 2 rings (SSSR count). The van der Waals surface area contributed by atoms with E-state index < -0.39 is 27.8 Å². The maximum Gasteiger partial charge on any atom is 0.241 e. The van der Waals surface area contributed by atoms with E-state index in [-0.39, 0.29) is 4.90 Å². The van der Waals surface area contributed by atoms with Gasteiger partial charge in [0.25, 0.3) is 0 Å². The number of morpholine rings is 1. The van der Waals surface area contributed by atoms with E-state index in [1.165, 1.54) is 6.92 Å². The number of nitrogens with one attached hydrogen (secondary N) is 2. The zero-order chi connectivity index (χ0) is 17.6. The van der Waals surface area contributed by atoms with Crippen molar-refractivity contribution in [3.63, 3.8) is 0 Å². The molecule has 1 heterocycles. The summed E-state index contributed by atoms with van der Waals surface area (Å²) in [5.41, 5.74) is 0. The fourth-order valence-electron chi connectivity index (χ4n) is 2.28. The van der Waals surface area contributed by atoms with Crippen LogP contribution in [-0.2, 0) is 19.6 Å². The Kier molecular flexibility index (Phi) is 6.67. The number of sulfonamides is 1. The third-order valence-electron chi connectivity index (χ3n) is 3.68. The number of benzene rings is 1. The van der Waals surface area contributed by atoms with Crippen LogP contribution in [0.4, 0.5) is 4.39 Å². The number of halogens is 1. The van der Waals surface area contributed by atoms with Crippen molar-refractivity contribution in [1.29, 1.82) is 0 Å². The third kappa shape index (κ3) is 5.52. The molecule has 1 aromatic carbocycles. The molecule has 7 nitrogen and oxygen atoms in total. The van der Waals surface area contributed by atoms with E-state index in [9.17, 15) is 17.6 Å². The molecule has 0 aromatic heterocycles. The molecule has 0 unspecified atom stereocenters. The Morgan fingerprint density at radius 2 is 1.92 bits per heavy atom. The molecule has 2 N–H and O–H groups in total. The number of hydrogen-bond donors (Lipinski definition) is 2. The van der Waals surface area contributed by atoms with Gasteiger partial charge in [-0.05, 0) is 31.2 Å². The SMILES string of the molecule is C[C@H](NS(=O)(=O)c1ccc(F)cc1)C(=O)NCCN1CCOCC1. The van der Waals surface area contributed by atoms with Crippen molar-refractivity contribution in [2.75, 3.05) is 39.4 Å². The molecule has 134 valence electrons. The van der Waals surface area contributed by atoms with Crippen molar-refractivity contribution >= 4 is 15.9 Å². The third-order valence-corrected chi connectivity index (χ3v) is 5.24. The Hall–Kier alpha value is -1.55. The molecule has 0 saturated carbocycles. The summed E-state index contributed by atoms with van der Waals surface area (Å²) in [6, 6.07) is 3.50. The summed E-state index contributed by atoms with van der Waals surface area (Å²) < 4.78 is 44.7. The van der Waals surface area contributed by atoms with Crippen LogP contribution in [-0.4, -0.2) is 64.7 Å². The maximum atomic E-state index is 12.9. The Labute approximate surface area is 141 Å². The van der Waals surface area contributed by atoms with Crippen LogP contribution in [0.2, 0.25) is 0 Å². The van der Waals surface area contributed by atoms with E-state index in [2.05, 4.69) is 14.9 Å². The zero-order valence-corrected chi connectivity index (χ0v) is 14.3. The minimum absolute atomic E-state index is 0.0862. The lowest BCUT2D eigenvalue weighted by Gasteiger charge is -2.26. The van der Waals surface area contributed by atoms with Crippen molar-refractivity contribution in [1.82, 2.24) is 14.9 Å². The molecule has 1 amide bonds. The summed E-state index contributed by atoms with van der Waals surface area (Å²) >= 11 is 0. The number of carbonyl (C=O) groups excluding carboxylic acids is 1. The number of nitrogens with zero attached hydrogens (tertiary/aromatic N) is 1. The minimum atomic E-state index is -3.87. The van der Waals surface area contributed by atoms with Crippen LogP contribution in [0.25, 0.3) is 0 Å². The van der Waals surface area contributed by atoms with Gasteiger partial charge in [0.1, 0.15) is 5.82 Å². The van der Waals surface area contributed by atoms with Crippen molar-refractivity contribution in [2.45, 2.75) is 17.9 Å². The molecule has 24 heavy (non-hydrogen) atoms. The monoisotopic (exact) mass is 359 g/mol. The van der Waals surface area contributed by atoms with Crippen LogP contribution >= 0.6 is 0 Å². The molecule has 1 fully saturated rings. The van der Waals surface area contributed by atoms with E-state index in [4.69, 9.17) is 4.74 Å². The molecule has 1 aliphatic rings. The van der Waals surface area contributed by atoms with Gasteiger partial charge in [0.2, 0.25) is 15.9 Å². The molecule has 1 saturated heterocycles. The predicted molar refractivity (Wildman–Crippen MR) is 86.5 cm³/mol. The highest BCUT2D eigenvalue weighted by Crippen LogP contribution is 2.10. The Morgan fingerprint density at radius 1 is 1.29 bits per heavy atom. The van der Waals surface area contributed by atoms with Gasteiger partial charge in [0.15, 0.2) is 0 Å². The van der Waals surface area contributed by atoms with E-state index in [0.29, 0.717) is 26.3 Å². The van der Waals surface area contributed by atoms with Crippen molar-refractivity contribution in [3.05, 3.63) is 30.1 Å². The van der Waals surface area contributed by atoms with Gasteiger partial charge < -0.3 is 10.1 Å². The van der Waals surface area contributed by atoms with E-state index in [0.717, 1.165) is 37.4 Å². The van der Waals surface area contributed by atoms with Crippen LogP contribution in [0.3, 0.4) is 0 Å². The second kappa shape index (κ2) is 8.52. The Bertz CT molecular complexity index is 645. The predicted octanol–water partition coefficient (Wildman–Crippen LogP) is -0.0591. The lowest BCUT2D eigenvalue weighted by Crippen LogP contribution is -2.47. The smallest absolute Gasteiger partial charge is 0.241 e. The van der Waals surface area contributed by atoms with Crippen LogP contribution in [0.1, 0.15) is 6.92 Å². The molecule has 1 aromatic rings. The lowest BCUT2D eigenvalue weighted by atomic mass is 10.3. The maximum absolute atomic E-state index is 12.9. The quantitative estimate of drug-likeness (QED) is 0.712. The molecule has 0 aliphatic carbocycles. The highest BCUT2D eigenvalue weighted by Gasteiger charge is 2.22. The number of rotatable bonds is 7. The molecular formula is C15H22FN3O4S. The van der Waals surface area contributed by atoms with E-state index in [1.807, 2.05) is 0 Å². The Morgan fingerprint density at radius 3 is 2.54 bits per heavy atom. The molecular weight excluding hydrogens is 337 g/mol. The van der Waals surface area contributed by atoms with Gasteiger partial charge in [0, 0.05) is 26.2 Å². The van der Waals surface area contributed by atoms with Gasteiger partial charge in [-0.2, -0.15) is 4.72 Å². The van der Waals surface area contributed by atoms with Crippen molar-refractivity contribution < 1.29 is 22.3 Å². The first kappa shape index (κ1) is 18.8. The van der Waals surface area contributed by atoms with Crippen LogP contribution in [0.15, 0.2) is 29.2 Å². The summed E-state index contributed by atoms with van der Waals surface area (Å²) in [7, 11) is -3.87. The average Bonchev–Trinajstić information content (AvgIpc) is 2.55. The largest absolute Gasteiger partial charge is 0.379 e. The molecule has 9 heteroatoms. The van der Waals surface area contributed by atoms with Crippen molar-refractivity contribution in [2.24, 2.45) is 0 Å². The molecule has 0 spiro atoms. The number of amides is 1. The fraction of sp³-hybridized carbons (Fsp3) is 0.533. The van der Waals surface area contributed by atoms with Crippen molar-refractivity contribution in [3.8, 4) is 0 Å². The molecule has 1 aliphatic heterocycles. The fourth-order valence-corrected chi connectivity index (χ4v) is 3.49. The number of carbonyl (C=O) groups is 1. The Balaban J connectivity index is 1.80. The molecule has 1 atom stereocenters. The van der Waals surface area contributed by atoms with Gasteiger partial charge in [-0.15, -0.1) is 0 Å². The zero-order valence-electron chi connectivity index (χ0n) is 13.5. The molecule has 0 radical (unpaired) electrons. The highest BCUT2D eigenvalue weighted by molar-refractivity contribution is 7.89. The summed E-state index contributed by atoms with van der Waals surface area (Å²) in [5, 5.41) is 2.70. The summed E-state index contributed by atoms with van der Waals surface area (Å²) in [5.74, 6) is -0.934. The standard InChI is InChI=1S/C15H22FN3O4S/c1-12(15(20)17-6-7-19-8-10-23-11-9-19)18-24(21,22)14-4-2-13(16)3-5-14/h2-5,12,18H,6-11H2,1H3,(H,17,20)/t12-/m0/s1. The second-order valence-electron chi connectivity index (χ2n) is 5.54. The van der Waals surface area contributed by atoms with Gasteiger partial charge in [-0.25, -0.2) is 12.8 Å². The second-order valence-corrected chi connectivity index (χ2v) is 7.26. The van der Waals surface area contributed by atoms with E-state index >= 15 is 0 Å². The number of hydrogen-bond acceptors (Lipinski definition) is 5. The first-order valence-corrected chi connectivity index (χ1v) is 9.22. The van der Waals surface area contributed by atoms with Crippen LogP contribution in [0, 0.1) is 5.82 Å². The van der Waals surface area contributed by atoms with Crippen LogP contribution < -0.4 is 10.0 Å². The minimum Gasteiger partial charge on any atom is -0.379 e. The topological polar surface area (TPSA) is 87.7 Å².